The Hall–Kier alpha value is -1.24. The highest BCUT2D eigenvalue weighted by atomic mass is 19.3. The molecule has 0 N–H and O–H groups in total. The summed E-state index contributed by atoms with van der Waals surface area (Å²) in [7, 11) is 1.55. The van der Waals surface area contributed by atoms with E-state index in [1.807, 2.05) is 0 Å². The molecule has 0 aromatic carbocycles. The van der Waals surface area contributed by atoms with Gasteiger partial charge in [0.05, 0.1) is 13.0 Å². The third kappa shape index (κ3) is 4.38. The van der Waals surface area contributed by atoms with Crippen LogP contribution in [0.3, 0.4) is 0 Å². The minimum Gasteiger partial charge on any atom is -0.384 e. The minimum absolute atomic E-state index is 0.0282. The molecule has 1 aliphatic heterocycles. The average molecular weight is 318 g/mol. The molecule has 0 bridgehead atoms. The molecule has 126 valence electrons. The van der Waals surface area contributed by atoms with Crippen molar-refractivity contribution in [2.45, 2.75) is 38.0 Å². The molecule has 1 aliphatic carbocycles. The highest BCUT2D eigenvalue weighted by molar-refractivity contribution is 5.80. The Morgan fingerprint density at radius 2 is 1.64 bits per heavy atom. The second-order valence-electron chi connectivity index (χ2n) is 6.08. The van der Waals surface area contributed by atoms with Gasteiger partial charge in [0.15, 0.2) is 0 Å². The van der Waals surface area contributed by atoms with Crippen LogP contribution in [0.25, 0.3) is 0 Å². The van der Waals surface area contributed by atoms with E-state index in [1.165, 1.54) is 0 Å². The first-order chi connectivity index (χ1) is 10.4. The number of hydrogen-bond donors (Lipinski definition) is 0. The van der Waals surface area contributed by atoms with Gasteiger partial charge in [0, 0.05) is 52.0 Å². The molecule has 1 heterocycles. The van der Waals surface area contributed by atoms with Gasteiger partial charge >= 0.3 is 0 Å². The molecule has 22 heavy (non-hydrogen) atoms. The topological polar surface area (TPSA) is 49.9 Å². The zero-order valence-electron chi connectivity index (χ0n) is 13.0. The molecule has 2 rings (SSSR count). The largest absolute Gasteiger partial charge is 0.384 e. The first kappa shape index (κ1) is 17.1. The molecular formula is C15H24F2N2O3. The van der Waals surface area contributed by atoms with Crippen LogP contribution in [0.15, 0.2) is 0 Å². The van der Waals surface area contributed by atoms with Gasteiger partial charge in [0.1, 0.15) is 0 Å². The smallest absolute Gasteiger partial charge is 0.248 e. The molecule has 0 radical (unpaired) electrons. The Morgan fingerprint density at radius 3 is 2.18 bits per heavy atom. The molecular weight excluding hydrogens is 294 g/mol. The number of nitrogens with zero attached hydrogens (tertiary/aromatic N) is 2. The molecule has 1 saturated heterocycles. The summed E-state index contributed by atoms with van der Waals surface area (Å²) in [5, 5.41) is 0. The standard InChI is InChI=1S/C15H24F2N2O3/c1-22-11-4-13(20)18-7-9-19(10-8-18)14(21)12-2-5-15(16,17)6-3-12/h12H,2-11H2,1H3. The van der Waals surface area contributed by atoms with Crippen molar-refractivity contribution in [2.75, 3.05) is 39.9 Å². The van der Waals surface area contributed by atoms with Gasteiger partial charge in [-0.05, 0) is 12.8 Å². The summed E-state index contributed by atoms with van der Waals surface area (Å²) in [4.78, 5) is 27.7. The maximum absolute atomic E-state index is 13.1. The number of methoxy groups -OCH3 is 1. The number of alkyl halides is 2. The van der Waals surface area contributed by atoms with E-state index < -0.39 is 5.92 Å². The van der Waals surface area contributed by atoms with Crippen LogP contribution >= 0.6 is 0 Å². The van der Waals surface area contributed by atoms with Gasteiger partial charge in [0.25, 0.3) is 0 Å². The normalized spacial score (nSPS) is 22.7. The number of halogens is 2. The van der Waals surface area contributed by atoms with Crippen molar-refractivity contribution in [3.8, 4) is 0 Å². The molecule has 0 aromatic rings. The van der Waals surface area contributed by atoms with Crippen molar-refractivity contribution < 1.29 is 23.1 Å². The van der Waals surface area contributed by atoms with Gasteiger partial charge in [0.2, 0.25) is 17.7 Å². The van der Waals surface area contributed by atoms with Crippen LogP contribution in [0.5, 0.6) is 0 Å². The third-order valence-corrected chi connectivity index (χ3v) is 4.53. The van der Waals surface area contributed by atoms with Gasteiger partial charge in [-0.25, -0.2) is 8.78 Å². The second kappa shape index (κ2) is 7.35. The van der Waals surface area contributed by atoms with Crippen LogP contribution in [0.4, 0.5) is 8.78 Å². The summed E-state index contributed by atoms with van der Waals surface area (Å²) < 4.78 is 31.2. The lowest BCUT2D eigenvalue weighted by atomic mass is 9.86. The zero-order chi connectivity index (χ0) is 16.2. The highest BCUT2D eigenvalue weighted by Gasteiger charge is 2.39. The molecule has 7 heteroatoms. The predicted octanol–water partition coefficient (Wildman–Crippen LogP) is 1.52. The number of amides is 2. The van der Waals surface area contributed by atoms with Gasteiger partial charge in [-0.3, -0.25) is 9.59 Å². The van der Waals surface area contributed by atoms with Gasteiger partial charge in [-0.15, -0.1) is 0 Å². The Kier molecular flexibility index (Phi) is 5.72. The first-order valence-electron chi connectivity index (χ1n) is 7.86. The van der Waals surface area contributed by atoms with E-state index in [4.69, 9.17) is 4.74 Å². The van der Waals surface area contributed by atoms with E-state index in [1.54, 1.807) is 16.9 Å². The fraction of sp³-hybridized carbons (Fsp3) is 0.867. The Balaban J connectivity index is 1.77. The number of carbonyl (C=O) groups is 2. The van der Waals surface area contributed by atoms with Gasteiger partial charge in [-0.2, -0.15) is 0 Å². The SMILES string of the molecule is COCCC(=O)N1CCN(C(=O)C2CCC(F)(F)CC2)CC1. The fourth-order valence-corrected chi connectivity index (χ4v) is 3.07. The van der Waals surface area contributed by atoms with Crippen LogP contribution in [0.1, 0.15) is 32.1 Å². The number of rotatable bonds is 4. The van der Waals surface area contributed by atoms with E-state index in [-0.39, 0.29) is 43.4 Å². The van der Waals surface area contributed by atoms with Crippen molar-refractivity contribution >= 4 is 11.8 Å². The fourth-order valence-electron chi connectivity index (χ4n) is 3.07. The summed E-state index contributed by atoms with van der Waals surface area (Å²) in [6, 6.07) is 0. The second-order valence-corrected chi connectivity index (χ2v) is 6.08. The quantitative estimate of drug-likeness (QED) is 0.790. The Morgan fingerprint density at radius 1 is 1.09 bits per heavy atom. The Labute approximate surface area is 129 Å². The van der Waals surface area contributed by atoms with Crippen molar-refractivity contribution in [1.82, 2.24) is 9.80 Å². The van der Waals surface area contributed by atoms with Crippen molar-refractivity contribution in [3.05, 3.63) is 0 Å². The molecule has 0 atom stereocenters. The molecule has 0 spiro atoms. The highest BCUT2D eigenvalue weighted by Crippen LogP contribution is 2.36. The van der Waals surface area contributed by atoms with Crippen molar-refractivity contribution in [1.29, 1.82) is 0 Å². The van der Waals surface area contributed by atoms with Crippen LogP contribution in [0.2, 0.25) is 0 Å². The minimum atomic E-state index is -2.61. The third-order valence-electron chi connectivity index (χ3n) is 4.53. The number of hydrogen-bond acceptors (Lipinski definition) is 3. The molecule has 1 saturated carbocycles. The molecule has 0 unspecified atom stereocenters. The summed E-state index contributed by atoms with van der Waals surface area (Å²) in [5.74, 6) is -2.88. The van der Waals surface area contributed by atoms with Crippen LogP contribution in [-0.2, 0) is 14.3 Å². The summed E-state index contributed by atoms with van der Waals surface area (Å²) in [5.41, 5.74) is 0. The van der Waals surface area contributed by atoms with Crippen molar-refractivity contribution in [2.24, 2.45) is 5.92 Å². The van der Waals surface area contributed by atoms with Crippen LogP contribution in [-0.4, -0.2) is 67.4 Å². The monoisotopic (exact) mass is 318 g/mol. The van der Waals surface area contributed by atoms with E-state index >= 15 is 0 Å². The molecule has 0 aromatic heterocycles. The van der Waals surface area contributed by atoms with Crippen LogP contribution < -0.4 is 0 Å². The van der Waals surface area contributed by atoms with Gasteiger partial charge < -0.3 is 14.5 Å². The van der Waals surface area contributed by atoms with Gasteiger partial charge in [-0.1, -0.05) is 0 Å². The molecule has 5 nitrogen and oxygen atoms in total. The summed E-state index contributed by atoms with van der Waals surface area (Å²) >= 11 is 0. The lowest BCUT2D eigenvalue weighted by molar-refractivity contribution is -0.145. The van der Waals surface area contributed by atoms with E-state index in [0.29, 0.717) is 39.2 Å². The Bertz CT molecular complexity index is 400. The van der Waals surface area contributed by atoms with E-state index in [2.05, 4.69) is 0 Å². The number of piperazine rings is 1. The first-order valence-corrected chi connectivity index (χ1v) is 7.86. The number of ether oxygens (including phenoxy) is 1. The lowest BCUT2D eigenvalue weighted by Crippen LogP contribution is -2.52. The van der Waals surface area contributed by atoms with E-state index in [9.17, 15) is 18.4 Å². The molecule has 2 aliphatic rings. The molecule has 2 amide bonds. The van der Waals surface area contributed by atoms with E-state index in [0.717, 1.165) is 0 Å². The maximum atomic E-state index is 13.1. The maximum Gasteiger partial charge on any atom is 0.248 e. The van der Waals surface area contributed by atoms with Crippen molar-refractivity contribution in [3.63, 3.8) is 0 Å². The summed E-state index contributed by atoms with van der Waals surface area (Å²) in [6.07, 6.45) is 0.484. The number of carbonyl (C=O) groups excluding carboxylic acids is 2. The summed E-state index contributed by atoms with van der Waals surface area (Å²) in [6.45, 7) is 2.40. The van der Waals surface area contributed by atoms with Crippen LogP contribution in [0, 0.1) is 5.92 Å². The lowest BCUT2D eigenvalue weighted by Gasteiger charge is -2.38. The average Bonchev–Trinajstić information content (AvgIpc) is 2.52. The zero-order valence-corrected chi connectivity index (χ0v) is 13.0. The predicted molar refractivity (Wildman–Crippen MR) is 76.6 cm³/mol. The molecule has 2 fully saturated rings.